The predicted molar refractivity (Wildman–Crippen MR) is 154 cm³/mol. The van der Waals surface area contributed by atoms with E-state index in [-0.39, 0.29) is 15.9 Å². The maximum absolute atomic E-state index is 11.0. The third-order valence-corrected chi connectivity index (χ3v) is 7.89. The molecule has 1 heterocycles. The molecule has 2 aromatic rings. The Hall–Kier alpha value is -2.66. The fourth-order valence-corrected chi connectivity index (χ4v) is 4.49. The van der Waals surface area contributed by atoms with Crippen molar-refractivity contribution in [1.82, 2.24) is 0 Å². The summed E-state index contributed by atoms with van der Waals surface area (Å²) in [5.41, 5.74) is 0.769. The first-order chi connectivity index (χ1) is 17.2. The van der Waals surface area contributed by atoms with Crippen LogP contribution in [0.5, 0.6) is 0 Å². The van der Waals surface area contributed by atoms with Crippen molar-refractivity contribution in [3.63, 3.8) is 0 Å². The zero-order chi connectivity index (χ0) is 28.9. The maximum Gasteiger partial charge on any atom is 0.294 e. The van der Waals surface area contributed by atoms with Gasteiger partial charge in [0.15, 0.2) is 6.54 Å². The van der Waals surface area contributed by atoms with Crippen LogP contribution in [0.4, 0.5) is 0 Å². The highest BCUT2D eigenvalue weighted by molar-refractivity contribution is 7.85. The SMILES string of the molecule is C#C[N+](CC)(CC)C(C)(C)C.C#C[N+](CC)(CC)CC.CC[n+]1ccc(-c2cccc(S(=O)(=O)O)c2)o1.O. The highest BCUT2D eigenvalue weighted by atomic mass is 32.2. The second-order valence-electron chi connectivity index (χ2n) is 9.63. The van der Waals surface area contributed by atoms with E-state index in [9.17, 15) is 8.42 Å². The molecule has 0 fully saturated rings. The second kappa shape index (κ2) is 16.3. The molecule has 0 saturated heterocycles. The summed E-state index contributed by atoms with van der Waals surface area (Å²) in [4.78, 5) is -0.144. The van der Waals surface area contributed by atoms with Gasteiger partial charge in [0, 0.05) is 5.56 Å². The molecule has 0 aliphatic rings. The Kier molecular flexibility index (Phi) is 16.1. The Morgan fingerprint density at radius 1 is 0.921 bits per heavy atom. The first kappa shape index (κ1) is 37.5. The number of nitrogens with zero attached hydrogens (tertiary/aromatic N) is 3. The van der Waals surface area contributed by atoms with Crippen LogP contribution >= 0.6 is 0 Å². The van der Waals surface area contributed by atoms with Crippen molar-refractivity contribution >= 4 is 10.1 Å². The summed E-state index contributed by atoms with van der Waals surface area (Å²) in [6.45, 7) is 25.1. The Balaban J connectivity index is 0. The molecule has 214 valence electrons. The summed E-state index contributed by atoms with van der Waals surface area (Å²) < 4.78 is 39.6. The van der Waals surface area contributed by atoms with Crippen LogP contribution in [0, 0.1) is 24.9 Å². The van der Waals surface area contributed by atoms with Gasteiger partial charge in [0.1, 0.15) is 17.6 Å². The second-order valence-corrected chi connectivity index (χ2v) is 11.1. The maximum atomic E-state index is 11.0. The number of aryl methyl sites for hydroxylation is 1. The van der Waals surface area contributed by atoms with Gasteiger partial charge < -0.3 is 5.48 Å². The molecular formula is C29H50N3O5S+3. The molecule has 1 aromatic heterocycles. The van der Waals surface area contributed by atoms with Crippen LogP contribution in [0.15, 0.2) is 45.9 Å². The number of hydrogen-bond acceptors (Lipinski definition) is 3. The van der Waals surface area contributed by atoms with E-state index in [1.807, 2.05) is 6.92 Å². The molecule has 0 radical (unpaired) electrons. The van der Waals surface area contributed by atoms with Gasteiger partial charge >= 0.3 is 0 Å². The van der Waals surface area contributed by atoms with Gasteiger partial charge in [0.05, 0.1) is 43.7 Å². The van der Waals surface area contributed by atoms with Crippen molar-refractivity contribution in [2.75, 3.05) is 32.7 Å². The third-order valence-electron chi connectivity index (χ3n) is 7.04. The lowest BCUT2D eigenvalue weighted by molar-refractivity contribution is -0.907. The summed E-state index contributed by atoms with van der Waals surface area (Å²) in [5, 5.41) is 0. The molecular weight excluding hydrogens is 502 g/mol. The highest BCUT2D eigenvalue weighted by Crippen LogP contribution is 2.23. The first-order valence-electron chi connectivity index (χ1n) is 12.9. The molecule has 0 spiro atoms. The van der Waals surface area contributed by atoms with Crippen molar-refractivity contribution in [1.29, 1.82) is 0 Å². The Bertz CT molecular complexity index is 1140. The van der Waals surface area contributed by atoms with Crippen molar-refractivity contribution in [2.24, 2.45) is 0 Å². The van der Waals surface area contributed by atoms with Gasteiger partial charge in [-0.05, 0) is 79.2 Å². The number of quaternary nitrogens is 2. The molecule has 38 heavy (non-hydrogen) atoms. The van der Waals surface area contributed by atoms with Crippen molar-refractivity contribution in [2.45, 2.75) is 79.3 Å². The van der Waals surface area contributed by atoms with E-state index in [0.717, 1.165) is 41.7 Å². The zero-order valence-electron chi connectivity index (χ0n) is 24.8. The minimum absolute atomic E-state index is 0. The minimum Gasteiger partial charge on any atom is -0.412 e. The molecule has 2 rings (SSSR count). The van der Waals surface area contributed by atoms with Crippen LogP contribution in [-0.2, 0) is 16.7 Å². The number of aromatic nitrogens is 1. The topological polar surface area (TPSA) is 103 Å². The van der Waals surface area contributed by atoms with E-state index < -0.39 is 10.1 Å². The fraction of sp³-hybridized carbons (Fsp3) is 0.552. The van der Waals surface area contributed by atoms with Gasteiger partial charge in [0.25, 0.3) is 10.1 Å². The van der Waals surface area contributed by atoms with Crippen molar-refractivity contribution < 1.29 is 36.7 Å². The van der Waals surface area contributed by atoms with E-state index in [1.165, 1.54) is 12.1 Å². The van der Waals surface area contributed by atoms with Crippen LogP contribution in [-0.4, -0.2) is 65.7 Å². The largest absolute Gasteiger partial charge is 0.412 e. The lowest BCUT2D eigenvalue weighted by atomic mass is 10.0. The molecule has 8 nitrogen and oxygen atoms in total. The Labute approximate surface area is 231 Å². The standard InChI is InChI=1S/C11H11NO4S.C10H20N.C8H16N.H2O/c1-2-12-7-6-11(16-12)9-4-3-5-10(8-9)17(13,14)15;1-7-11(8-2,9-3)10(4,5)6;1-5-9(6-2,7-3)8-4;/h3-8H,2H2,1H3;1H,8-9H2,2-6H3;1H,6-8H2,2-4H3;1H2/q;2*+1;/p+1. The molecule has 1 aromatic carbocycles. The number of benzene rings is 1. The van der Waals surface area contributed by atoms with Gasteiger partial charge in [-0.15, -0.1) is 0 Å². The quantitative estimate of drug-likeness (QED) is 0.227. The lowest BCUT2D eigenvalue weighted by Gasteiger charge is -2.41. The summed E-state index contributed by atoms with van der Waals surface area (Å²) in [6, 6.07) is 13.4. The monoisotopic (exact) mass is 552 g/mol. The molecule has 3 N–H and O–H groups in total. The van der Waals surface area contributed by atoms with E-state index in [4.69, 9.17) is 21.9 Å². The van der Waals surface area contributed by atoms with E-state index in [2.05, 4.69) is 67.5 Å². The van der Waals surface area contributed by atoms with Crippen molar-refractivity contribution in [3.05, 3.63) is 36.5 Å². The summed E-state index contributed by atoms with van der Waals surface area (Å²) >= 11 is 0. The van der Waals surface area contributed by atoms with Gasteiger partial charge in [-0.2, -0.15) is 8.42 Å². The van der Waals surface area contributed by atoms with Gasteiger partial charge in [-0.1, -0.05) is 25.0 Å². The summed E-state index contributed by atoms with van der Waals surface area (Å²) in [7, 11) is -4.18. The number of hydrogen-bond donors (Lipinski definition) is 1. The first-order valence-corrected chi connectivity index (χ1v) is 14.4. The van der Waals surface area contributed by atoms with E-state index >= 15 is 0 Å². The smallest absolute Gasteiger partial charge is 0.294 e. The van der Waals surface area contributed by atoms with Gasteiger partial charge in [0.2, 0.25) is 12.0 Å². The number of rotatable bonds is 8. The molecule has 0 amide bonds. The van der Waals surface area contributed by atoms with E-state index in [1.54, 1.807) is 29.1 Å². The van der Waals surface area contributed by atoms with E-state index in [0.29, 0.717) is 17.9 Å². The molecule has 0 aliphatic heterocycles. The molecule has 0 unspecified atom stereocenters. The summed E-state index contributed by atoms with van der Waals surface area (Å²) in [6.07, 6.45) is 12.7. The predicted octanol–water partition coefficient (Wildman–Crippen LogP) is 4.36. The van der Waals surface area contributed by atoms with Crippen LogP contribution < -0.4 is 4.74 Å². The van der Waals surface area contributed by atoms with Crippen LogP contribution in [0.25, 0.3) is 11.3 Å². The molecule has 9 heteroatoms. The van der Waals surface area contributed by atoms with Crippen LogP contribution in [0.2, 0.25) is 0 Å². The minimum atomic E-state index is -4.18. The van der Waals surface area contributed by atoms with Crippen LogP contribution in [0.1, 0.15) is 62.3 Å². The molecule has 0 saturated carbocycles. The normalized spacial score (nSPS) is 11.5. The third kappa shape index (κ3) is 10.2. The van der Waals surface area contributed by atoms with Gasteiger partial charge in [-0.25, -0.2) is 13.5 Å². The average molecular weight is 553 g/mol. The van der Waals surface area contributed by atoms with Crippen molar-refractivity contribution in [3.8, 4) is 36.3 Å². The van der Waals surface area contributed by atoms with Gasteiger partial charge in [-0.3, -0.25) is 4.55 Å². The Morgan fingerprint density at radius 2 is 1.45 bits per heavy atom. The zero-order valence-corrected chi connectivity index (χ0v) is 25.6. The molecule has 0 aliphatic carbocycles. The molecule has 0 bridgehead atoms. The lowest BCUT2D eigenvalue weighted by Crippen LogP contribution is -2.56. The fourth-order valence-electron chi connectivity index (χ4n) is 3.96. The number of terminal acetylenes is 2. The average Bonchev–Trinajstić information content (AvgIpc) is 3.36. The highest BCUT2D eigenvalue weighted by Gasteiger charge is 2.36. The molecule has 0 atom stereocenters. The van der Waals surface area contributed by atoms with Crippen LogP contribution in [0.3, 0.4) is 0 Å². The summed E-state index contributed by atoms with van der Waals surface area (Å²) in [5.74, 6) is 0.553. The Morgan fingerprint density at radius 3 is 1.71 bits per heavy atom.